The first-order chi connectivity index (χ1) is 19.4. The van der Waals surface area contributed by atoms with Crippen molar-refractivity contribution in [3.05, 3.63) is 106 Å². The lowest BCUT2D eigenvalue weighted by Gasteiger charge is -2.21. The largest absolute Gasteiger partial charge is 0.489 e. The van der Waals surface area contributed by atoms with Gasteiger partial charge in [-0.25, -0.2) is 14.7 Å². The Kier molecular flexibility index (Phi) is 7.91. The van der Waals surface area contributed by atoms with E-state index in [-0.39, 0.29) is 0 Å². The molecule has 7 heteroatoms. The zero-order valence-corrected chi connectivity index (χ0v) is 24.1. The van der Waals surface area contributed by atoms with Crippen LogP contribution in [0.25, 0.3) is 0 Å². The Hall–Kier alpha value is -4.52. The summed E-state index contributed by atoms with van der Waals surface area (Å²) in [6.45, 7) is 15.0. The van der Waals surface area contributed by atoms with E-state index in [1.165, 1.54) is 5.69 Å². The van der Waals surface area contributed by atoms with Crippen molar-refractivity contribution in [2.24, 2.45) is 15.0 Å². The Morgan fingerprint density at radius 1 is 0.850 bits per heavy atom. The van der Waals surface area contributed by atoms with Crippen LogP contribution < -0.4 is 9.64 Å². The summed E-state index contributed by atoms with van der Waals surface area (Å²) in [6, 6.07) is 24.5. The molecule has 0 fully saturated rings. The van der Waals surface area contributed by atoms with Crippen molar-refractivity contribution < 1.29 is 4.74 Å². The van der Waals surface area contributed by atoms with Gasteiger partial charge >= 0.3 is 0 Å². The van der Waals surface area contributed by atoms with Gasteiger partial charge in [0.05, 0.1) is 11.4 Å². The average molecular weight is 533 g/mol. The van der Waals surface area contributed by atoms with Crippen LogP contribution in [0.15, 0.2) is 87.8 Å². The molecule has 1 aromatic heterocycles. The highest BCUT2D eigenvalue weighted by Crippen LogP contribution is 2.27. The van der Waals surface area contributed by atoms with Gasteiger partial charge in [0.2, 0.25) is 0 Å². The molecule has 204 valence electrons. The highest BCUT2D eigenvalue weighted by molar-refractivity contribution is 6.53. The summed E-state index contributed by atoms with van der Waals surface area (Å²) in [7, 11) is 0. The number of hydrogen-bond donors (Lipinski definition) is 0. The Morgan fingerprint density at radius 3 is 2.20 bits per heavy atom. The molecule has 7 nitrogen and oxygen atoms in total. The number of aromatic nitrogens is 2. The average Bonchev–Trinajstić information content (AvgIpc) is 3.50. The van der Waals surface area contributed by atoms with E-state index in [4.69, 9.17) is 24.8 Å². The first kappa shape index (κ1) is 27.1. The molecule has 4 aromatic rings. The molecule has 5 rings (SSSR count). The molecule has 3 aromatic carbocycles. The highest BCUT2D eigenvalue weighted by Gasteiger charge is 2.24. The molecular weight excluding hydrogens is 496 g/mol. The second-order valence-electron chi connectivity index (χ2n) is 9.96. The van der Waals surface area contributed by atoms with E-state index < -0.39 is 0 Å². The monoisotopic (exact) mass is 532 g/mol. The van der Waals surface area contributed by atoms with Crippen LogP contribution in [0.2, 0.25) is 0 Å². The van der Waals surface area contributed by atoms with Crippen LogP contribution in [0.1, 0.15) is 47.5 Å². The van der Waals surface area contributed by atoms with E-state index >= 15 is 0 Å². The van der Waals surface area contributed by atoms with E-state index in [9.17, 15) is 0 Å². The Balaban J connectivity index is 1.49. The molecule has 0 spiro atoms. The lowest BCUT2D eigenvalue weighted by Crippen LogP contribution is -2.21. The third-order valence-electron chi connectivity index (χ3n) is 7.38. The maximum absolute atomic E-state index is 6.00. The summed E-state index contributed by atoms with van der Waals surface area (Å²) in [4.78, 5) is 17.1. The van der Waals surface area contributed by atoms with E-state index in [1.807, 2.05) is 56.3 Å². The van der Waals surface area contributed by atoms with Crippen LogP contribution in [-0.4, -0.2) is 40.4 Å². The quantitative estimate of drug-likeness (QED) is 0.246. The SMILES string of the molecule is CCN(CC)c1ccc(N=C2N=C(n3nc(C)c(C)c3C)N=C2c2ccc(OCc3ccccc3)cc2)c(C)c1. The molecule has 0 atom stereocenters. The first-order valence-electron chi connectivity index (χ1n) is 13.8. The minimum absolute atomic E-state index is 0.515. The van der Waals surface area contributed by atoms with Gasteiger partial charge in [-0.05, 0) is 101 Å². The van der Waals surface area contributed by atoms with Crippen molar-refractivity contribution in [2.75, 3.05) is 18.0 Å². The number of benzene rings is 3. The van der Waals surface area contributed by atoms with Gasteiger partial charge in [-0.2, -0.15) is 10.1 Å². The maximum atomic E-state index is 6.00. The van der Waals surface area contributed by atoms with Gasteiger partial charge in [0.1, 0.15) is 18.1 Å². The van der Waals surface area contributed by atoms with Crippen LogP contribution in [0, 0.1) is 27.7 Å². The summed E-state index contributed by atoms with van der Waals surface area (Å²) in [6.07, 6.45) is 0. The standard InChI is InChI=1S/C33H36N6O/c1-7-38(8-2)28-16-19-30(22(3)20-28)34-32-31(35-33(36-32)39-25(6)23(4)24(5)37-39)27-14-17-29(18-15-27)40-21-26-12-10-9-11-13-26/h9-20H,7-8,21H2,1-6H3. The second kappa shape index (κ2) is 11.7. The topological polar surface area (TPSA) is 67.4 Å². The van der Waals surface area contributed by atoms with E-state index in [0.717, 1.165) is 58.2 Å². The van der Waals surface area contributed by atoms with E-state index in [2.05, 4.69) is 62.9 Å². The zero-order chi connectivity index (χ0) is 28.2. The number of nitrogens with zero attached hydrogens (tertiary/aromatic N) is 6. The van der Waals surface area contributed by atoms with Crippen molar-refractivity contribution in [1.82, 2.24) is 9.78 Å². The number of rotatable bonds is 8. The van der Waals surface area contributed by atoms with Gasteiger partial charge in [0.15, 0.2) is 5.84 Å². The summed E-state index contributed by atoms with van der Waals surface area (Å²) in [5.74, 6) is 1.88. The zero-order valence-electron chi connectivity index (χ0n) is 24.1. The van der Waals surface area contributed by atoms with Gasteiger partial charge in [-0.3, -0.25) is 0 Å². The molecule has 0 bridgehead atoms. The molecular formula is C33H36N6O. The maximum Gasteiger partial charge on any atom is 0.253 e. The molecule has 0 saturated carbocycles. The van der Waals surface area contributed by atoms with Crippen LogP contribution in [-0.2, 0) is 6.61 Å². The number of amidine groups is 1. The van der Waals surface area contributed by atoms with Crippen molar-refractivity contribution in [1.29, 1.82) is 0 Å². The van der Waals surface area contributed by atoms with Crippen LogP contribution >= 0.6 is 0 Å². The second-order valence-corrected chi connectivity index (χ2v) is 9.96. The molecule has 40 heavy (non-hydrogen) atoms. The Bertz CT molecular complexity index is 1590. The molecule has 0 aliphatic carbocycles. The fourth-order valence-electron chi connectivity index (χ4n) is 4.72. The number of anilines is 1. The van der Waals surface area contributed by atoms with Gasteiger partial charge in [-0.15, -0.1) is 0 Å². The predicted octanol–water partition coefficient (Wildman–Crippen LogP) is 6.98. The van der Waals surface area contributed by atoms with Crippen molar-refractivity contribution in [3.8, 4) is 5.75 Å². The van der Waals surface area contributed by atoms with Crippen LogP contribution in [0.3, 0.4) is 0 Å². The number of ether oxygens (including phenoxy) is 1. The van der Waals surface area contributed by atoms with E-state index in [0.29, 0.717) is 24.1 Å². The summed E-state index contributed by atoms with van der Waals surface area (Å²) < 4.78 is 7.81. The minimum atomic E-state index is 0.515. The molecule has 1 aliphatic heterocycles. The van der Waals surface area contributed by atoms with Crippen LogP contribution in [0.4, 0.5) is 11.4 Å². The smallest absolute Gasteiger partial charge is 0.253 e. The Morgan fingerprint density at radius 2 is 1.57 bits per heavy atom. The summed E-state index contributed by atoms with van der Waals surface area (Å²) in [5.41, 5.74) is 9.02. The first-order valence-corrected chi connectivity index (χ1v) is 13.8. The summed E-state index contributed by atoms with van der Waals surface area (Å²) >= 11 is 0. The van der Waals surface area contributed by atoms with Gasteiger partial charge in [0.25, 0.3) is 5.96 Å². The van der Waals surface area contributed by atoms with Crippen LogP contribution in [0.5, 0.6) is 5.75 Å². The number of aliphatic imine (C=N–C) groups is 3. The van der Waals surface area contributed by atoms with Gasteiger partial charge in [-0.1, -0.05) is 30.3 Å². The predicted molar refractivity (Wildman–Crippen MR) is 165 cm³/mol. The van der Waals surface area contributed by atoms with E-state index in [1.54, 1.807) is 4.68 Å². The molecule has 0 unspecified atom stereocenters. The molecule has 0 radical (unpaired) electrons. The molecule has 2 heterocycles. The third-order valence-corrected chi connectivity index (χ3v) is 7.38. The third kappa shape index (κ3) is 5.59. The van der Waals surface area contributed by atoms with Crippen molar-refractivity contribution in [3.63, 3.8) is 0 Å². The fourth-order valence-corrected chi connectivity index (χ4v) is 4.72. The normalized spacial score (nSPS) is 13.9. The molecule has 0 N–H and O–H groups in total. The lowest BCUT2D eigenvalue weighted by atomic mass is 10.1. The van der Waals surface area contributed by atoms with Gasteiger partial charge < -0.3 is 9.64 Å². The molecule has 0 saturated heterocycles. The van der Waals surface area contributed by atoms with Crippen molar-refractivity contribution >= 4 is 28.9 Å². The number of aryl methyl sites for hydroxylation is 2. The fraction of sp³-hybridized carbons (Fsp3) is 0.273. The van der Waals surface area contributed by atoms with Crippen molar-refractivity contribution in [2.45, 2.75) is 48.1 Å². The summed E-state index contributed by atoms with van der Waals surface area (Å²) in [5, 5.41) is 4.69. The molecule has 0 amide bonds. The molecule has 1 aliphatic rings. The number of hydrogen-bond acceptors (Lipinski definition) is 5. The lowest BCUT2D eigenvalue weighted by molar-refractivity contribution is 0.306. The highest BCUT2D eigenvalue weighted by atomic mass is 16.5. The van der Waals surface area contributed by atoms with Gasteiger partial charge in [0, 0.05) is 30.0 Å². The Labute approximate surface area is 236 Å². The minimum Gasteiger partial charge on any atom is -0.489 e.